The van der Waals surface area contributed by atoms with E-state index in [1.54, 1.807) is 0 Å². The molecule has 1 aliphatic carbocycles. The summed E-state index contributed by atoms with van der Waals surface area (Å²) in [5.74, 6) is 0.940. The van der Waals surface area contributed by atoms with Crippen LogP contribution < -0.4 is 5.32 Å². The standard InChI is InChI=1S/C16H23N5/c1-12-9-13(2)11-14(10-12)21-15(18-19-20-21)16(17-3)7-5-4-6-8-16/h9-11,17H,4-8H2,1-3H3. The Morgan fingerprint density at radius 1 is 1.05 bits per heavy atom. The number of aromatic nitrogens is 4. The van der Waals surface area contributed by atoms with Crippen molar-refractivity contribution in [3.8, 4) is 5.69 Å². The van der Waals surface area contributed by atoms with E-state index >= 15 is 0 Å². The molecule has 5 heteroatoms. The molecular formula is C16H23N5. The first-order valence-corrected chi connectivity index (χ1v) is 7.71. The van der Waals surface area contributed by atoms with Gasteiger partial charge < -0.3 is 5.32 Å². The minimum Gasteiger partial charge on any atom is -0.308 e. The second-order valence-corrected chi connectivity index (χ2v) is 6.15. The highest BCUT2D eigenvalue weighted by Crippen LogP contribution is 2.36. The van der Waals surface area contributed by atoms with Crippen molar-refractivity contribution in [2.75, 3.05) is 7.05 Å². The van der Waals surface area contributed by atoms with Gasteiger partial charge in [-0.05, 0) is 67.4 Å². The zero-order valence-corrected chi connectivity index (χ0v) is 13.1. The van der Waals surface area contributed by atoms with Gasteiger partial charge in [-0.15, -0.1) is 5.10 Å². The lowest BCUT2D eigenvalue weighted by molar-refractivity contribution is 0.232. The van der Waals surface area contributed by atoms with Crippen molar-refractivity contribution in [2.45, 2.75) is 51.5 Å². The first kappa shape index (κ1) is 14.2. The van der Waals surface area contributed by atoms with Gasteiger partial charge in [0.05, 0.1) is 11.2 Å². The van der Waals surface area contributed by atoms with Crippen LogP contribution in [0.2, 0.25) is 0 Å². The maximum atomic E-state index is 4.36. The van der Waals surface area contributed by atoms with Gasteiger partial charge in [-0.2, -0.15) is 4.68 Å². The van der Waals surface area contributed by atoms with E-state index < -0.39 is 0 Å². The van der Waals surface area contributed by atoms with Crippen molar-refractivity contribution >= 4 is 0 Å². The smallest absolute Gasteiger partial charge is 0.176 e. The van der Waals surface area contributed by atoms with E-state index in [0.717, 1.165) is 24.4 Å². The number of nitrogens with one attached hydrogen (secondary N) is 1. The highest BCUT2D eigenvalue weighted by atomic mass is 15.6. The van der Waals surface area contributed by atoms with Crippen LogP contribution in [0.4, 0.5) is 0 Å². The largest absolute Gasteiger partial charge is 0.308 e. The molecule has 1 saturated carbocycles. The molecule has 1 aliphatic rings. The Morgan fingerprint density at radius 3 is 2.33 bits per heavy atom. The van der Waals surface area contributed by atoms with E-state index in [1.165, 1.54) is 30.4 Å². The first-order chi connectivity index (χ1) is 10.1. The van der Waals surface area contributed by atoms with Gasteiger partial charge in [0.1, 0.15) is 0 Å². The monoisotopic (exact) mass is 285 g/mol. The van der Waals surface area contributed by atoms with Crippen LogP contribution in [0, 0.1) is 13.8 Å². The third-order valence-corrected chi connectivity index (χ3v) is 4.53. The van der Waals surface area contributed by atoms with Gasteiger partial charge in [-0.25, -0.2) is 0 Å². The van der Waals surface area contributed by atoms with Crippen LogP contribution in [0.25, 0.3) is 5.69 Å². The van der Waals surface area contributed by atoms with Gasteiger partial charge in [-0.3, -0.25) is 0 Å². The third kappa shape index (κ3) is 2.58. The predicted molar refractivity (Wildman–Crippen MR) is 82.5 cm³/mol. The summed E-state index contributed by atoms with van der Waals surface area (Å²) >= 11 is 0. The van der Waals surface area contributed by atoms with Crippen molar-refractivity contribution in [2.24, 2.45) is 0 Å². The van der Waals surface area contributed by atoms with Crippen LogP contribution in [-0.2, 0) is 5.54 Å². The minimum absolute atomic E-state index is 0.0978. The molecule has 1 N–H and O–H groups in total. The Kier molecular flexibility index (Phi) is 3.76. The molecule has 3 rings (SSSR count). The number of hydrogen-bond acceptors (Lipinski definition) is 4. The van der Waals surface area contributed by atoms with Crippen LogP contribution >= 0.6 is 0 Å². The Hall–Kier alpha value is -1.75. The number of nitrogens with zero attached hydrogens (tertiary/aromatic N) is 4. The predicted octanol–water partition coefficient (Wildman–Crippen LogP) is 2.66. The molecule has 112 valence electrons. The second kappa shape index (κ2) is 5.56. The lowest BCUT2D eigenvalue weighted by atomic mass is 9.81. The van der Waals surface area contributed by atoms with E-state index in [4.69, 9.17) is 0 Å². The van der Waals surface area contributed by atoms with E-state index in [0.29, 0.717) is 0 Å². The average molecular weight is 285 g/mol. The summed E-state index contributed by atoms with van der Waals surface area (Å²) in [6, 6.07) is 6.44. The van der Waals surface area contributed by atoms with Gasteiger partial charge >= 0.3 is 0 Å². The molecule has 0 aliphatic heterocycles. The quantitative estimate of drug-likeness (QED) is 0.942. The molecule has 0 amide bonds. The highest BCUT2D eigenvalue weighted by Gasteiger charge is 2.37. The molecule has 1 fully saturated rings. The number of hydrogen-bond donors (Lipinski definition) is 1. The normalized spacial score (nSPS) is 17.9. The van der Waals surface area contributed by atoms with Crippen molar-refractivity contribution in [1.29, 1.82) is 0 Å². The molecule has 0 saturated heterocycles. The Morgan fingerprint density at radius 2 is 1.71 bits per heavy atom. The summed E-state index contributed by atoms with van der Waals surface area (Å²) < 4.78 is 1.90. The van der Waals surface area contributed by atoms with E-state index in [2.05, 4.69) is 52.9 Å². The number of aryl methyl sites for hydroxylation is 2. The zero-order chi connectivity index (χ0) is 14.9. The molecule has 0 unspecified atom stereocenters. The Bertz CT molecular complexity index is 605. The maximum Gasteiger partial charge on any atom is 0.176 e. The van der Waals surface area contributed by atoms with Crippen LogP contribution in [0.15, 0.2) is 18.2 Å². The van der Waals surface area contributed by atoms with E-state index in [1.807, 2.05) is 11.7 Å². The fourth-order valence-electron chi connectivity index (χ4n) is 3.47. The highest BCUT2D eigenvalue weighted by molar-refractivity contribution is 5.39. The van der Waals surface area contributed by atoms with Crippen molar-refractivity contribution in [1.82, 2.24) is 25.5 Å². The topological polar surface area (TPSA) is 55.6 Å². The van der Waals surface area contributed by atoms with Crippen LogP contribution in [0.3, 0.4) is 0 Å². The van der Waals surface area contributed by atoms with Gasteiger partial charge in [0.2, 0.25) is 0 Å². The summed E-state index contributed by atoms with van der Waals surface area (Å²) in [5.41, 5.74) is 3.41. The summed E-state index contributed by atoms with van der Waals surface area (Å²) in [6.07, 6.45) is 5.93. The van der Waals surface area contributed by atoms with Crippen molar-refractivity contribution in [3.63, 3.8) is 0 Å². The third-order valence-electron chi connectivity index (χ3n) is 4.53. The van der Waals surface area contributed by atoms with Gasteiger partial charge in [0, 0.05) is 0 Å². The molecule has 1 aromatic carbocycles. The number of rotatable bonds is 3. The summed E-state index contributed by atoms with van der Waals surface area (Å²) in [6.45, 7) is 4.21. The van der Waals surface area contributed by atoms with Gasteiger partial charge in [-0.1, -0.05) is 25.3 Å². The molecule has 1 aromatic heterocycles. The van der Waals surface area contributed by atoms with Crippen LogP contribution in [-0.4, -0.2) is 27.3 Å². The molecule has 0 spiro atoms. The zero-order valence-electron chi connectivity index (χ0n) is 13.1. The fraction of sp³-hybridized carbons (Fsp3) is 0.562. The lowest BCUT2D eigenvalue weighted by Gasteiger charge is -2.35. The molecule has 0 bridgehead atoms. The average Bonchev–Trinajstić information content (AvgIpc) is 2.97. The second-order valence-electron chi connectivity index (χ2n) is 6.15. The Labute approximate surface area is 125 Å². The van der Waals surface area contributed by atoms with Crippen LogP contribution in [0.1, 0.15) is 49.1 Å². The fourth-order valence-corrected chi connectivity index (χ4v) is 3.47. The number of benzene rings is 1. The molecule has 2 aromatic rings. The van der Waals surface area contributed by atoms with E-state index in [9.17, 15) is 0 Å². The van der Waals surface area contributed by atoms with Crippen molar-refractivity contribution in [3.05, 3.63) is 35.2 Å². The summed E-state index contributed by atoms with van der Waals surface area (Å²) in [4.78, 5) is 0. The SMILES string of the molecule is CNC1(c2nnnn2-c2cc(C)cc(C)c2)CCCCC1. The molecule has 0 atom stereocenters. The molecule has 5 nitrogen and oxygen atoms in total. The summed E-state index contributed by atoms with van der Waals surface area (Å²) in [7, 11) is 2.02. The maximum absolute atomic E-state index is 4.36. The minimum atomic E-state index is -0.0978. The molecule has 0 radical (unpaired) electrons. The first-order valence-electron chi connectivity index (χ1n) is 7.71. The lowest BCUT2D eigenvalue weighted by Crippen LogP contribution is -2.44. The number of tetrazole rings is 1. The van der Waals surface area contributed by atoms with Crippen molar-refractivity contribution < 1.29 is 0 Å². The molecule has 21 heavy (non-hydrogen) atoms. The van der Waals surface area contributed by atoms with Crippen LogP contribution in [0.5, 0.6) is 0 Å². The molecular weight excluding hydrogens is 262 g/mol. The Balaban J connectivity index is 2.07. The van der Waals surface area contributed by atoms with Gasteiger partial charge in [0.25, 0.3) is 0 Å². The molecule has 1 heterocycles. The van der Waals surface area contributed by atoms with Gasteiger partial charge in [0.15, 0.2) is 5.82 Å². The van der Waals surface area contributed by atoms with E-state index in [-0.39, 0.29) is 5.54 Å². The summed E-state index contributed by atoms with van der Waals surface area (Å²) in [5, 5.41) is 16.1.